The SMILES string of the molecule is C#CCNC(C)C(=O)N1CCCCC1. The van der Waals surface area contributed by atoms with Gasteiger partial charge in [-0.1, -0.05) is 5.92 Å². The molecule has 1 N–H and O–H groups in total. The van der Waals surface area contributed by atoms with Crippen molar-refractivity contribution in [1.82, 2.24) is 10.2 Å². The number of hydrogen-bond acceptors (Lipinski definition) is 2. The number of carbonyl (C=O) groups is 1. The summed E-state index contributed by atoms with van der Waals surface area (Å²) in [4.78, 5) is 13.7. The van der Waals surface area contributed by atoms with Crippen LogP contribution in [-0.2, 0) is 4.79 Å². The monoisotopic (exact) mass is 194 g/mol. The van der Waals surface area contributed by atoms with Crippen LogP contribution in [0.1, 0.15) is 26.2 Å². The van der Waals surface area contributed by atoms with Crippen LogP contribution in [0.3, 0.4) is 0 Å². The van der Waals surface area contributed by atoms with Gasteiger partial charge < -0.3 is 4.90 Å². The number of terminal acetylenes is 1. The highest BCUT2D eigenvalue weighted by molar-refractivity contribution is 5.81. The van der Waals surface area contributed by atoms with Gasteiger partial charge in [-0.2, -0.15) is 0 Å². The van der Waals surface area contributed by atoms with Crippen molar-refractivity contribution in [2.75, 3.05) is 19.6 Å². The lowest BCUT2D eigenvalue weighted by Crippen LogP contribution is -2.46. The number of likely N-dealkylation sites (tertiary alicyclic amines) is 1. The first-order valence-electron chi connectivity index (χ1n) is 5.21. The van der Waals surface area contributed by atoms with E-state index >= 15 is 0 Å². The van der Waals surface area contributed by atoms with Gasteiger partial charge >= 0.3 is 0 Å². The molecule has 78 valence electrons. The molecule has 0 spiro atoms. The van der Waals surface area contributed by atoms with Crippen molar-refractivity contribution in [3.05, 3.63) is 0 Å². The predicted octanol–water partition coefficient (Wildman–Crippen LogP) is 0.610. The smallest absolute Gasteiger partial charge is 0.239 e. The molecule has 1 amide bonds. The highest BCUT2D eigenvalue weighted by atomic mass is 16.2. The lowest BCUT2D eigenvalue weighted by Gasteiger charge is -2.29. The summed E-state index contributed by atoms with van der Waals surface area (Å²) in [7, 11) is 0. The van der Waals surface area contributed by atoms with E-state index in [2.05, 4.69) is 11.2 Å². The first-order chi connectivity index (χ1) is 6.75. The summed E-state index contributed by atoms with van der Waals surface area (Å²) in [6.07, 6.45) is 8.63. The summed E-state index contributed by atoms with van der Waals surface area (Å²) in [5.74, 6) is 2.66. The fourth-order valence-corrected chi connectivity index (χ4v) is 1.69. The van der Waals surface area contributed by atoms with Gasteiger partial charge in [0, 0.05) is 13.1 Å². The van der Waals surface area contributed by atoms with E-state index in [9.17, 15) is 4.79 Å². The van der Waals surface area contributed by atoms with Crippen molar-refractivity contribution in [2.45, 2.75) is 32.2 Å². The Kier molecular flexibility index (Phi) is 4.48. The third-order valence-electron chi connectivity index (χ3n) is 2.55. The number of nitrogens with one attached hydrogen (secondary N) is 1. The third-order valence-corrected chi connectivity index (χ3v) is 2.55. The number of rotatable bonds is 3. The van der Waals surface area contributed by atoms with Crippen LogP contribution in [0.4, 0.5) is 0 Å². The van der Waals surface area contributed by atoms with Crippen molar-refractivity contribution < 1.29 is 4.79 Å². The van der Waals surface area contributed by atoms with Crippen LogP contribution >= 0.6 is 0 Å². The molecule has 1 rings (SSSR count). The van der Waals surface area contributed by atoms with E-state index in [0.29, 0.717) is 6.54 Å². The van der Waals surface area contributed by atoms with Crippen molar-refractivity contribution in [3.63, 3.8) is 0 Å². The maximum atomic E-state index is 11.8. The molecule has 3 heteroatoms. The van der Waals surface area contributed by atoms with Crippen molar-refractivity contribution >= 4 is 5.91 Å². The van der Waals surface area contributed by atoms with Crippen LogP contribution in [0, 0.1) is 12.3 Å². The predicted molar refractivity (Wildman–Crippen MR) is 56.7 cm³/mol. The van der Waals surface area contributed by atoms with Gasteiger partial charge in [0.2, 0.25) is 5.91 Å². The van der Waals surface area contributed by atoms with E-state index in [1.165, 1.54) is 6.42 Å². The van der Waals surface area contributed by atoms with E-state index in [1.54, 1.807) is 0 Å². The van der Waals surface area contributed by atoms with E-state index in [4.69, 9.17) is 6.42 Å². The molecule has 1 aliphatic rings. The summed E-state index contributed by atoms with van der Waals surface area (Å²) in [6.45, 7) is 4.14. The first-order valence-corrected chi connectivity index (χ1v) is 5.21. The van der Waals surface area contributed by atoms with Gasteiger partial charge in [0.1, 0.15) is 0 Å². The van der Waals surface area contributed by atoms with Crippen LogP contribution in [0.15, 0.2) is 0 Å². The topological polar surface area (TPSA) is 32.3 Å². The molecule has 0 radical (unpaired) electrons. The Balaban J connectivity index is 2.35. The van der Waals surface area contributed by atoms with Crippen molar-refractivity contribution in [1.29, 1.82) is 0 Å². The maximum Gasteiger partial charge on any atom is 0.239 e. The van der Waals surface area contributed by atoms with Crippen LogP contribution in [0.5, 0.6) is 0 Å². The fourth-order valence-electron chi connectivity index (χ4n) is 1.69. The molecule has 0 aromatic heterocycles. The van der Waals surface area contributed by atoms with Crippen molar-refractivity contribution in [3.8, 4) is 12.3 Å². The molecule has 0 saturated carbocycles. The van der Waals surface area contributed by atoms with Crippen molar-refractivity contribution in [2.24, 2.45) is 0 Å². The zero-order valence-corrected chi connectivity index (χ0v) is 8.75. The van der Waals surface area contributed by atoms with Gasteiger partial charge in [-0.15, -0.1) is 6.42 Å². The summed E-state index contributed by atoms with van der Waals surface area (Å²) < 4.78 is 0. The lowest BCUT2D eigenvalue weighted by atomic mass is 10.1. The Morgan fingerprint density at radius 2 is 2.14 bits per heavy atom. The van der Waals surface area contributed by atoms with Crippen LogP contribution in [-0.4, -0.2) is 36.5 Å². The van der Waals surface area contributed by atoms with E-state index in [1.807, 2.05) is 11.8 Å². The molecule has 0 bridgehead atoms. The quantitative estimate of drug-likeness (QED) is 0.668. The molecule has 14 heavy (non-hydrogen) atoms. The Labute approximate surface area is 85.9 Å². The molecule has 1 heterocycles. The summed E-state index contributed by atoms with van der Waals surface area (Å²) in [6, 6.07) is -0.149. The number of carbonyl (C=O) groups excluding carboxylic acids is 1. The fraction of sp³-hybridized carbons (Fsp3) is 0.727. The largest absolute Gasteiger partial charge is 0.341 e. The van der Waals surface area contributed by atoms with Crippen LogP contribution in [0.2, 0.25) is 0 Å². The zero-order chi connectivity index (χ0) is 10.4. The molecule has 1 atom stereocenters. The molecule has 0 aliphatic carbocycles. The molecule has 1 fully saturated rings. The minimum atomic E-state index is -0.149. The highest BCUT2D eigenvalue weighted by Crippen LogP contribution is 2.09. The maximum absolute atomic E-state index is 11.8. The average molecular weight is 194 g/mol. The molecule has 0 aromatic carbocycles. The summed E-state index contributed by atoms with van der Waals surface area (Å²) in [5, 5.41) is 3.00. The van der Waals surface area contributed by atoms with Gasteiger partial charge in [0.05, 0.1) is 12.6 Å². The number of hydrogen-bond donors (Lipinski definition) is 1. The van der Waals surface area contributed by atoms with E-state index in [0.717, 1.165) is 25.9 Å². The van der Waals surface area contributed by atoms with Gasteiger partial charge in [-0.05, 0) is 26.2 Å². The Morgan fingerprint density at radius 1 is 1.50 bits per heavy atom. The second kappa shape index (κ2) is 5.66. The van der Waals surface area contributed by atoms with E-state index in [-0.39, 0.29) is 11.9 Å². The summed E-state index contributed by atoms with van der Waals surface area (Å²) >= 11 is 0. The Morgan fingerprint density at radius 3 is 2.71 bits per heavy atom. The first kappa shape index (κ1) is 11.1. The van der Waals surface area contributed by atoms with Gasteiger partial charge in [-0.3, -0.25) is 10.1 Å². The Bertz CT molecular complexity index is 226. The molecule has 1 saturated heterocycles. The highest BCUT2D eigenvalue weighted by Gasteiger charge is 2.20. The van der Waals surface area contributed by atoms with Gasteiger partial charge in [0.15, 0.2) is 0 Å². The third kappa shape index (κ3) is 3.04. The van der Waals surface area contributed by atoms with E-state index < -0.39 is 0 Å². The molecule has 1 unspecified atom stereocenters. The summed E-state index contributed by atoms with van der Waals surface area (Å²) in [5.41, 5.74) is 0. The van der Waals surface area contributed by atoms with Gasteiger partial charge in [-0.25, -0.2) is 0 Å². The van der Waals surface area contributed by atoms with Crippen LogP contribution in [0.25, 0.3) is 0 Å². The molecular formula is C11H18N2O. The normalized spacial score (nSPS) is 18.7. The number of amides is 1. The minimum Gasteiger partial charge on any atom is -0.341 e. The molecular weight excluding hydrogens is 176 g/mol. The number of nitrogens with zero attached hydrogens (tertiary/aromatic N) is 1. The minimum absolute atomic E-state index is 0.149. The standard InChI is InChI=1S/C11H18N2O/c1-3-7-12-10(2)11(14)13-8-5-4-6-9-13/h1,10,12H,4-9H2,2H3. The zero-order valence-electron chi connectivity index (χ0n) is 8.75. The second-order valence-electron chi connectivity index (χ2n) is 3.69. The Hall–Kier alpha value is -1.01. The molecule has 0 aromatic rings. The van der Waals surface area contributed by atoms with Gasteiger partial charge in [0.25, 0.3) is 0 Å². The second-order valence-corrected chi connectivity index (χ2v) is 3.69. The average Bonchev–Trinajstić information content (AvgIpc) is 2.26. The number of piperidine rings is 1. The molecule has 1 aliphatic heterocycles. The lowest BCUT2D eigenvalue weighted by molar-refractivity contribution is -0.133. The molecule has 3 nitrogen and oxygen atoms in total. The van der Waals surface area contributed by atoms with Crippen LogP contribution < -0.4 is 5.32 Å².